The molecular formula is C32H43NO9. The topological polar surface area (TPSA) is 144 Å². The molecule has 0 aromatic heterocycles. The predicted octanol–water partition coefficient (Wildman–Crippen LogP) is 3.79. The molecule has 42 heavy (non-hydrogen) atoms. The molecule has 10 heteroatoms. The number of esters is 2. The van der Waals surface area contributed by atoms with E-state index < -0.39 is 53.3 Å². The SMILES string of the molecule is CC(=O)O[C@]1(C(=O)COC(=O)CCC(=O)N2CCCC2C(=O)O)CCC2C3CCC4=CC(=O)CC[C@]4(C)C3CC[C@@]21C. The van der Waals surface area contributed by atoms with Gasteiger partial charge in [-0.05, 0) is 87.0 Å². The van der Waals surface area contributed by atoms with E-state index in [0.29, 0.717) is 50.5 Å². The van der Waals surface area contributed by atoms with E-state index in [1.165, 1.54) is 17.4 Å². The second-order valence-corrected chi connectivity index (χ2v) is 13.6. The number of carboxylic acid groups (broad SMARTS) is 1. The van der Waals surface area contributed by atoms with Crippen LogP contribution >= 0.6 is 0 Å². The van der Waals surface area contributed by atoms with Crippen molar-refractivity contribution in [2.45, 2.75) is 109 Å². The van der Waals surface area contributed by atoms with Crippen molar-refractivity contribution in [2.24, 2.45) is 28.6 Å². The van der Waals surface area contributed by atoms with Crippen molar-refractivity contribution in [3.05, 3.63) is 11.6 Å². The lowest BCUT2D eigenvalue weighted by atomic mass is 9.46. The number of aliphatic carboxylic acids is 1. The molecule has 4 unspecified atom stereocenters. The first-order chi connectivity index (χ1) is 19.8. The monoisotopic (exact) mass is 585 g/mol. The number of carbonyl (C=O) groups excluding carboxylic acids is 5. The predicted molar refractivity (Wildman–Crippen MR) is 149 cm³/mol. The summed E-state index contributed by atoms with van der Waals surface area (Å²) in [6, 6.07) is -0.875. The van der Waals surface area contributed by atoms with E-state index in [2.05, 4.69) is 13.8 Å². The molecule has 1 N–H and O–H groups in total. The molecule has 1 heterocycles. The number of fused-ring (bicyclic) bond motifs is 5. The zero-order valence-corrected chi connectivity index (χ0v) is 24.9. The average molecular weight is 586 g/mol. The van der Waals surface area contributed by atoms with Crippen LogP contribution in [-0.4, -0.2) is 70.2 Å². The fourth-order valence-corrected chi connectivity index (χ4v) is 9.49. The molecule has 0 aromatic rings. The fraction of sp³-hybridized carbons (Fsp3) is 0.750. The Morgan fingerprint density at radius 1 is 0.976 bits per heavy atom. The molecular weight excluding hydrogens is 542 g/mol. The summed E-state index contributed by atoms with van der Waals surface area (Å²) in [5.74, 6) is -2.08. The highest BCUT2D eigenvalue weighted by Crippen LogP contribution is 2.68. The molecule has 4 fully saturated rings. The Balaban J connectivity index is 1.26. The van der Waals surface area contributed by atoms with Crippen molar-refractivity contribution in [3.8, 4) is 0 Å². The van der Waals surface area contributed by atoms with E-state index in [4.69, 9.17) is 9.47 Å². The second-order valence-electron chi connectivity index (χ2n) is 13.6. The summed E-state index contributed by atoms with van der Waals surface area (Å²) in [5.41, 5.74) is -0.767. The molecule has 5 aliphatic rings. The third kappa shape index (κ3) is 4.98. The van der Waals surface area contributed by atoms with E-state index in [1.54, 1.807) is 0 Å². The number of carboxylic acids is 1. The van der Waals surface area contributed by atoms with Gasteiger partial charge in [-0.1, -0.05) is 19.4 Å². The van der Waals surface area contributed by atoms with Crippen molar-refractivity contribution >= 4 is 35.4 Å². The molecule has 1 saturated heterocycles. The van der Waals surface area contributed by atoms with Crippen LogP contribution in [0, 0.1) is 28.6 Å². The fourth-order valence-electron chi connectivity index (χ4n) is 9.49. The van der Waals surface area contributed by atoms with Crippen LogP contribution in [-0.2, 0) is 38.2 Å². The number of hydrogen-bond acceptors (Lipinski definition) is 8. The number of ether oxygens (including phenoxy) is 2. The molecule has 3 saturated carbocycles. The first-order valence-electron chi connectivity index (χ1n) is 15.5. The number of amides is 1. The van der Waals surface area contributed by atoms with Gasteiger partial charge in [-0.25, -0.2) is 4.79 Å². The molecule has 0 bridgehead atoms. The second kappa shape index (κ2) is 11.2. The van der Waals surface area contributed by atoms with Crippen LogP contribution in [0.4, 0.5) is 0 Å². The summed E-state index contributed by atoms with van der Waals surface area (Å²) < 4.78 is 11.3. The first kappa shape index (κ1) is 30.4. The van der Waals surface area contributed by atoms with Gasteiger partial charge >= 0.3 is 17.9 Å². The average Bonchev–Trinajstić information content (AvgIpc) is 3.54. The number of allylic oxidation sites excluding steroid dienone is 1. The van der Waals surface area contributed by atoms with Crippen molar-refractivity contribution in [3.63, 3.8) is 0 Å². The van der Waals surface area contributed by atoms with Gasteiger partial charge in [0.2, 0.25) is 11.7 Å². The quantitative estimate of drug-likeness (QED) is 0.421. The van der Waals surface area contributed by atoms with Crippen LogP contribution in [0.2, 0.25) is 0 Å². The van der Waals surface area contributed by atoms with Crippen LogP contribution in [0.25, 0.3) is 0 Å². The van der Waals surface area contributed by atoms with Gasteiger partial charge in [0.15, 0.2) is 18.0 Å². The molecule has 0 spiro atoms. The highest BCUT2D eigenvalue weighted by molar-refractivity contribution is 5.94. The lowest BCUT2D eigenvalue weighted by Crippen LogP contribution is -2.59. The number of Topliss-reactive ketones (excluding diaryl/α,β-unsaturated/α-hetero) is 1. The summed E-state index contributed by atoms with van der Waals surface area (Å²) in [5, 5.41) is 9.31. The Labute approximate surface area is 246 Å². The molecule has 1 aliphatic heterocycles. The molecule has 4 aliphatic carbocycles. The Bertz CT molecular complexity index is 1220. The van der Waals surface area contributed by atoms with E-state index in [9.17, 15) is 33.9 Å². The van der Waals surface area contributed by atoms with E-state index >= 15 is 0 Å². The lowest BCUT2D eigenvalue weighted by Gasteiger charge is -2.59. The van der Waals surface area contributed by atoms with E-state index in [0.717, 1.165) is 32.1 Å². The van der Waals surface area contributed by atoms with Crippen LogP contribution in [0.1, 0.15) is 97.8 Å². The zero-order chi connectivity index (χ0) is 30.4. The van der Waals surface area contributed by atoms with Crippen molar-refractivity contribution < 1.29 is 43.3 Å². The molecule has 0 radical (unpaired) electrons. The zero-order valence-electron chi connectivity index (χ0n) is 24.9. The van der Waals surface area contributed by atoms with Gasteiger partial charge in [-0.3, -0.25) is 24.0 Å². The number of carbonyl (C=O) groups is 6. The summed E-state index contributed by atoms with van der Waals surface area (Å²) in [4.78, 5) is 76.2. The summed E-state index contributed by atoms with van der Waals surface area (Å²) in [6.45, 7) is 5.43. The van der Waals surface area contributed by atoms with Gasteiger partial charge in [0.25, 0.3) is 0 Å². The maximum Gasteiger partial charge on any atom is 0.326 e. The number of likely N-dealkylation sites (tertiary alicyclic amines) is 1. The molecule has 230 valence electrons. The number of hydrogen-bond donors (Lipinski definition) is 1. The third-order valence-corrected chi connectivity index (χ3v) is 11.6. The highest BCUT2D eigenvalue weighted by atomic mass is 16.6. The van der Waals surface area contributed by atoms with E-state index in [1.807, 2.05) is 6.08 Å². The van der Waals surface area contributed by atoms with Crippen molar-refractivity contribution in [1.82, 2.24) is 4.90 Å². The van der Waals surface area contributed by atoms with Crippen LogP contribution < -0.4 is 0 Å². The number of nitrogens with zero attached hydrogens (tertiary/aromatic N) is 1. The molecule has 7 atom stereocenters. The standard InChI is InChI=1S/C32H43NO9/c1-19(34)42-32(26(36)18-41-28(38)9-8-27(37)33-16-4-5-25(33)29(39)40)15-12-24-22-7-6-20-17-21(35)10-13-30(20,2)23(22)11-14-31(24,32)3/h17,22-25H,4-16,18H2,1-3H3,(H,39,40)/t22?,23?,24?,25?,30-,31-,32-/m0/s1. The molecule has 0 aromatic carbocycles. The lowest BCUT2D eigenvalue weighted by molar-refractivity contribution is -0.191. The molecule has 1 amide bonds. The number of rotatable bonds is 8. The van der Waals surface area contributed by atoms with E-state index in [-0.39, 0.29) is 30.0 Å². The first-order valence-corrected chi connectivity index (χ1v) is 15.5. The highest BCUT2D eigenvalue weighted by Gasteiger charge is 2.68. The Morgan fingerprint density at radius 3 is 2.43 bits per heavy atom. The Kier molecular flexibility index (Phi) is 8.13. The Morgan fingerprint density at radius 2 is 1.71 bits per heavy atom. The smallest absolute Gasteiger partial charge is 0.326 e. The molecule has 5 rings (SSSR count). The maximum atomic E-state index is 13.9. The minimum atomic E-state index is -1.39. The minimum absolute atomic E-state index is 0.0264. The molecule has 10 nitrogen and oxygen atoms in total. The maximum absolute atomic E-state index is 13.9. The van der Waals surface area contributed by atoms with Gasteiger partial charge in [0.05, 0.1) is 6.42 Å². The van der Waals surface area contributed by atoms with Crippen LogP contribution in [0.3, 0.4) is 0 Å². The minimum Gasteiger partial charge on any atom is -0.480 e. The largest absolute Gasteiger partial charge is 0.480 e. The van der Waals surface area contributed by atoms with Gasteiger partial charge < -0.3 is 19.5 Å². The summed E-state index contributed by atoms with van der Waals surface area (Å²) >= 11 is 0. The van der Waals surface area contributed by atoms with Crippen molar-refractivity contribution in [1.29, 1.82) is 0 Å². The summed E-state index contributed by atoms with van der Waals surface area (Å²) in [7, 11) is 0. The van der Waals surface area contributed by atoms with Crippen LogP contribution in [0.5, 0.6) is 0 Å². The van der Waals surface area contributed by atoms with Gasteiger partial charge in [-0.2, -0.15) is 0 Å². The van der Waals surface area contributed by atoms with Crippen molar-refractivity contribution in [2.75, 3.05) is 13.2 Å². The number of ketones is 2. The summed E-state index contributed by atoms with van der Waals surface area (Å²) in [6.07, 6.45) is 8.26. The van der Waals surface area contributed by atoms with Crippen LogP contribution in [0.15, 0.2) is 11.6 Å². The normalized spacial score (nSPS) is 37.2. The third-order valence-electron chi connectivity index (χ3n) is 11.6. The van der Waals surface area contributed by atoms with Gasteiger partial charge in [0.1, 0.15) is 6.04 Å². The Hall–Kier alpha value is -3.04. The van der Waals surface area contributed by atoms with Gasteiger partial charge in [0, 0.05) is 31.7 Å². The van der Waals surface area contributed by atoms with Gasteiger partial charge in [-0.15, -0.1) is 0 Å².